The van der Waals surface area contributed by atoms with Gasteiger partial charge in [0, 0.05) is 29.6 Å². The monoisotopic (exact) mass is 558 g/mol. The second-order valence-electron chi connectivity index (χ2n) is 10.0. The van der Waals surface area contributed by atoms with Gasteiger partial charge in [-0.3, -0.25) is 19.1 Å². The SMILES string of the molecule is Cc1cn([C@H]2C[C@H](O)[C@@H](Cn3cc(CNC(=O)Cc4cc(=O)oc5ccc6ccccc6c45)nn3)O2)c(=O)[nH]c1=O. The number of aliphatic hydroxyl groups excluding tert-OH is 1. The molecule has 0 unspecified atom stereocenters. The van der Waals surface area contributed by atoms with Gasteiger partial charge in [0.25, 0.3) is 5.56 Å². The third-order valence-corrected chi connectivity index (χ3v) is 7.15. The van der Waals surface area contributed by atoms with Crippen LogP contribution in [0.3, 0.4) is 0 Å². The van der Waals surface area contributed by atoms with Crippen LogP contribution in [-0.4, -0.2) is 47.8 Å². The van der Waals surface area contributed by atoms with Crippen molar-refractivity contribution < 1.29 is 19.1 Å². The summed E-state index contributed by atoms with van der Waals surface area (Å²) in [6.45, 7) is 1.84. The fraction of sp³-hybridized carbons (Fsp3) is 0.286. The number of benzene rings is 2. The summed E-state index contributed by atoms with van der Waals surface area (Å²) >= 11 is 0. The Balaban J connectivity index is 1.10. The van der Waals surface area contributed by atoms with Gasteiger partial charge in [0.1, 0.15) is 23.6 Å². The minimum Gasteiger partial charge on any atom is -0.423 e. The summed E-state index contributed by atoms with van der Waals surface area (Å²) in [6, 6.07) is 12.6. The number of H-pyrrole nitrogens is 1. The summed E-state index contributed by atoms with van der Waals surface area (Å²) in [4.78, 5) is 51.1. The molecule has 0 aliphatic carbocycles. The van der Waals surface area contributed by atoms with E-state index in [0.29, 0.717) is 22.4 Å². The highest BCUT2D eigenvalue weighted by molar-refractivity contribution is 6.08. The molecule has 1 fully saturated rings. The minimum atomic E-state index is -0.874. The van der Waals surface area contributed by atoms with Crippen molar-refractivity contribution in [1.82, 2.24) is 29.9 Å². The van der Waals surface area contributed by atoms with Gasteiger partial charge in [-0.2, -0.15) is 0 Å². The number of aromatic nitrogens is 5. The second-order valence-corrected chi connectivity index (χ2v) is 10.0. The normalized spacial score (nSPS) is 18.7. The van der Waals surface area contributed by atoms with Crippen LogP contribution >= 0.6 is 0 Å². The van der Waals surface area contributed by atoms with E-state index in [0.717, 1.165) is 16.2 Å². The maximum absolute atomic E-state index is 12.8. The first-order chi connectivity index (χ1) is 19.7. The van der Waals surface area contributed by atoms with Gasteiger partial charge in [-0.05, 0) is 29.3 Å². The molecule has 6 rings (SSSR count). The first-order valence-electron chi connectivity index (χ1n) is 13.0. The second kappa shape index (κ2) is 10.6. The van der Waals surface area contributed by atoms with E-state index in [1.54, 1.807) is 19.2 Å². The van der Waals surface area contributed by atoms with E-state index in [4.69, 9.17) is 9.15 Å². The molecule has 0 bridgehead atoms. The number of aliphatic hydroxyl groups is 1. The number of nitrogens with one attached hydrogen (secondary N) is 2. The number of amides is 1. The molecule has 1 amide bonds. The summed E-state index contributed by atoms with van der Waals surface area (Å²) in [6.07, 6.45) is 0.878. The Hall–Kier alpha value is -4.88. The van der Waals surface area contributed by atoms with Crippen LogP contribution in [0.15, 0.2) is 73.7 Å². The molecule has 1 aliphatic heterocycles. The van der Waals surface area contributed by atoms with Crippen LogP contribution in [0, 0.1) is 6.92 Å². The topological polar surface area (TPSA) is 174 Å². The average Bonchev–Trinajstić information content (AvgIpc) is 3.55. The lowest BCUT2D eigenvalue weighted by Crippen LogP contribution is -2.33. The molecule has 210 valence electrons. The van der Waals surface area contributed by atoms with Crippen molar-refractivity contribution in [3.8, 4) is 0 Å². The Morgan fingerprint density at radius 3 is 2.85 bits per heavy atom. The van der Waals surface area contributed by atoms with Gasteiger partial charge >= 0.3 is 11.3 Å². The zero-order valence-electron chi connectivity index (χ0n) is 21.9. The third kappa shape index (κ3) is 5.32. The van der Waals surface area contributed by atoms with Crippen LogP contribution in [0.2, 0.25) is 0 Å². The van der Waals surface area contributed by atoms with Crippen LogP contribution in [0.1, 0.15) is 29.5 Å². The summed E-state index contributed by atoms with van der Waals surface area (Å²) in [5.41, 5.74) is 0.199. The van der Waals surface area contributed by atoms with Crippen molar-refractivity contribution in [2.24, 2.45) is 0 Å². The molecular weight excluding hydrogens is 532 g/mol. The van der Waals surface area contributed by atoms with Gasteiger partial charge in [0.05, 0.1) is 31.8 Å². The van der Waals surface area contributed by atoms with Gasteiger partial charge in [-0.25, -0.2) is 14.3 Å². The lowest BCUT2D eigenvalue weighted by atomic mass is 10.00. The molecule has 3 N–H and O–H groups in total. The number of rotatable bonds is 7. The lowest BCUT2D eigenvalue weighted by molar-refractivity contribution is -0.120. The standard InChI is InChI=1S/C28H26N6O7/c1-15-12-34(28(39)30-27(15)38)24-10-20(35)22(40-24)14-33-13-18(31-32-33)11-29-23(36)8-17-9-25(37)41-21-7-6-16-4-2-3-5-19(16)26(17)21/h2-7,9,12-13,20,22,24,35H,8,10-11,14H2,1H3,(H,29,36)(H,30,38,39)/t20-,22+,24+/m0/s1. The summed E-state index contributed by atoms with van der Waals surface area (Å²) in [5, 5.41) is 24.0. The van der Waals surface area contributed by atoms with Gasteiger partial charge in [-0.15, -0.1) is 5.10 Å². The molecular formula is C28H26N6O7. The molecule has 2 aromatic carbocycles. The average molecular weight is 559 g/mol. The van der Waals surface area contributed by atoms with E-state index >= 15 is 0 Å². The highest BCUT2D eigenvalue weighted by Crippen LogP contribution is 2.29. The van der Waals surface area contributed by atoms with E-state index in [1.807, 2.05) is 30.3 Å². The molecule has 41 heavy (non-hydrogen) atoms. The van der Waals surface area contributed by atoms with Gasteiger partial charge in [0.2, 0.25) is 5.91 Å². The number of hydrogen-bond acceptors (Lipinski definition) is 9. The quantitative estimate of drug-likeness (QED) is 0.194. The maximum Gasteiger partial charge on any atom is 0.336 e. The molecule has 3 aromatic heterocycles. The van der Waals surface area contributed by atoms with Crippen molar-refractivity contribution in [3.63, 3.8) is 0 Å². The number of aryl methyl sites for hydroxylation is 1. The van der Waals surface area contributed by atoms with Crippen LogP contribution in [0.4, 0.5) is 0 Å². The molecule has 0 spiro atoms. The minimum absolute atomic E-state index is 0.0304. The van der Waals surface area contributed by atoms with Crippen molar-refractivity contribution in [2.75, 3.05) is 0 Å². The predicted molar refractivity (Wildman–Crippen MR) is 146 cm³/mol. The number of hydrogen-bond donors (Lipinski definition) is 3. The van der Waals surface area contributed by atoms with Crippen molar-refractivity contribution in [2.45, 2.75) is 51.3 Å². The first-order valence-corrected chi connectivity index (χ1v) is 13.0. The Labute approximate surface area is 231 Å². The number of aromatic amines is 1. The van der Waals surface area contributed by atoms with Gasteiger partial charge < -0.3 is 19.6 Å². The molecule has 0 radical (unpaired) electrons. The Kier molecular flexibility index (Phi) is 6.81. The fourth-order valence-electron chi connectivity index (χ4n) is 5.13. The van der Waals surface area contributed by atoms with Crippen LogP contribution < -0.4 is 22.2 Å². The Morgan fingerprint density at radius 2 is 2.00 bits per heavy atom. The van der Waals surface area contributed by atoms with Gasteiger partial charge in [-0.1, -0.05) is 35.5 Å². The Bertz CT molecular complexity index is 1960. The zero-order valence-corrected chi connectivity index (χ0v) is 21.9. The van der Waals surface area contributed by atoms with Crippen molar-refractivity contribution >= 4 is 27.6 Å². The summed E-state index contributed by atoms with van der Waals surface area (Å²) in [5.74, 6) is -0.307. The van der Waals surface area contributed by atoms with Crippen LogP contribution in [-0.2, 0) is 29.0 Å². The third-order valence-electron chi connectivity index (χ3n) is 7.15. The Morgan fingerprint density at radius 1 is 1.17 bits per heavy atom. The molecule has 4 heterocycles. The van der Waals surface area contributed by atoms with E-state index in [9.17, 15) is 24.3 Å². The molecule has 1 aliphatic rings. The van der Waals surface area contributed by atoms with E-state index in [-0.39, 0.29) is 31.8 Å². The molecule has 0 saturated carbocycles. The molecule has 13 heteroatoms. The number of ether oxygens (including phenoxy) is 1. The van der Waals surface area contributed by atoms with Gasteiger partial charge in [0.15, 0.2) is 0 Å². The lowest BCUT2D eigenvalue weighted by Gasteiger charge is -2.16. The molecule has 13 nitrogen and oxygen atoms in total. The smallest absolute Gasteiger partial charge is 0.336 e. The zero-order chi connectivity index (χ0) is 28.7. The fourth-order valence-corrected chi connectivity index (χ4v) is 5.13. The highest BCUT2D eigenvalue weighted by Gasteiger charge is 2.36. The van der Waals surface area contributed by atoms with E-state index in [2.05, 4.69) is 20.6 Å². The molecule has 5 aromatic rings. The number of fused-ring (bicyclic) bond motifs is 3. The maximum atomic E-state index is 12.8. The molecule has 3 atom stereocenters. The summed E-state index contributed by atoms with van der Waals surface area (Å²) < 4.78 is 14.0. The van der Waals surface area contributed by atoms with E-state index < -0.39 is 35.3 Å². The largest absolute Gasteiger partial charge is 0.423 e. The van der Waals surface area contributed by atoms with Crippen LogP contribution in [0.25, 0.3) is 21.7 Å². The van der Waals surface area contributed by atoms with E-state index in [1.165, 1.54) is 21.5 Å². The number of carbonyl (C=O) groups is 1. The molecule has 1 saturated heterocycles. The number of carbonyl (C=O) groups excluding carboxylic acids is 1. The summed E-state index contributed by atoms with van der Waals surface area (Å²) in [7, 11) is 0. The van der Waals surface area contributed by atoms with Crippen molar-refractivity contribution in [3.05, 3.63) is 103 Å². The number of nitrogens with zero attached hydrogens (tertiary/aromatic N) is 4. The van der Waals surface area contributed by atoms with Crippen LogP contribution in [0.5, 0.6) is 0 Å². The predicted octanol–water partition coefficient (Wildman–Crippen LogP) is 0.904. The highest BCUT2D eigenvalue weighted by atomic mass is 16.5. The van der Waals surface area contributed by atoms with Crippen molar-refractivity contribution in [1.29, 1.82) is 0 Å². The first kappa shape index (κ1) is 26.3.